The summed E-state index contributed by atoms with van der Waals surface area (Å²) in [6.45, 7) is 1.42. The van der Waals surface area contributed by atoms with E-state index in [0.717, 1.165) is 4.68 Å². The monoisotopic (exact) mass is 426 g/mol. The first-order valence-corrected chi connectivity index (χ1v) is 8.97. The average Bonchev–Trinajstić information content (AvgIpc) is 3.24. The summed E-state index contributed by atoms with van der Waals surface area (Å²) in [4.78, 5) is 34.2. The number of amides is 1. The molecule has 1 atom stereocenters. The van der Waals surface area contributed by atoms with Crippen molar-refractivity contribution in [1.29, 1.82) is 0 Å². The molecule has 3 aromatic rings. The quantitative estimate of drug-likeness (QED) is 0.411. The van der Waals surface area contributed by atoms with Gasteiger partial charge in [0.15, 0.2) is 5.69 Å². The van der Waals surface area contributed by atoms with Gasteiger partial charge < -0.3 is 19.9 Å². The molecule has 1 aromatic heterocycles. The molecule has 0 saturated heterocycles. The molecule has 1 amide bonds. The Balaban J connectivity index is 1.82. The second-order valence-electron chi connectivity index (χ2n) is 6.40. The Morgan fingerprint density at radius 2 is 1.81 bits per heavy atom. The van der Waals surface area contributed by atoms with E-state index in [9.17, 15) is 19.7 Å². The summed E-state index contributed by atoms with van der Waals surface area (Å²) in [6.07, 6.45) is 1.36. The Kier molecular flexibility index (Phi) is 6.15. The van der Waals surface area contributed by atoms with Gasteiger partial charge in [-0.2, -0.15) is 5.10 Å². The first-order valence-electron chi connectivity index (χ1n) is 8.97. The number of anilines is 1. The van der Waals surface area contributed by atoms with Crippen LogP contribution in [0.25, 0.3) is 0 Å². The maximum atomic E-state index is 12.5. The van der Waals surface area contributed by atoms with E-state index in [1.54, 1.807) is 24.3 Å². The van der Waals surface area contributed by atoms with Gasteiger partial charge in [0.25, 0.3) is 11.6 Å². The van der Waals surface area contributed by atoms with Crippen molar-refractivity contribution in [3.63, 3.8) is 0 Å². The van der Waals surface area contributed by atoms with Crippen LogP contribution in [0, 0.1) is 10.1 Å². The second-order valence-corrected chi connectivity index (χ2v) is 6.40. The van der Waals surface area contributed by atoms with E-state index in [1.165, 1.54) is 44.5 Å². The molecule has 0 aliphatic heterocycles. The summed E-state index contributed by atoms with van der Waals surface area (Å²) < 4.78 is 11.9. The Morgan fingerprint density at radius 3 is 2.42 bits per heavy atom. The van der Waals surface area contributed by atoms with Crippen molar-refractivity contribution < 1.29 is 29.1 Å². The normalized spacial score (nSPS) is 11.4. The van der Waals surface area contributed by atoms with E-state index in [4.69, 9.17) is 14.6 Å². The van der Waals surface area contributed by atoms with Crippen LogP contribution >= 0.6 is 0 Å². The fourth-order valence-electron chi connectivity index (χ4n) is 2.58. The minimum Gasteiger partial charge on any atom is -0.497 e. The number of nitro benzene ring substituents is 1. The number of carboxylic acids is 1. The van der Waals surface area contributed by atoms with Crippen LogP contribution in [0.15, 0.2) is 54.7 Å². The van der Waals surface area contributed by atoms with Gasteiger partial charge in [-0.15, -0.1) is 0 Å². The number of hydrogen-bond donors (Lipinski definition) is 2. The van der Waals surface area contributed by atoms with E-state index >= 15 is 0 Å². The fourth-order valence-corrected chi connectivity index (χ4v) is 2.58. The number of carboxylic acid groups (broad SMARTS) is 1. The SMILES string of the molecule is COc1ccc(Oc2cc(NC(=O)c3ccn(C(C)C(=O)O)n3)cc([N+](=O)[O-])c2)cc1. The van der Waals surface area contributed by atoms with Gasteiger partial charge in [-0.1, -0.05) is 0 Å². The molecule has 0 fully saturated rings. The molecule has 3 rings (SSSR count). The topological polar surface area (TPSA) is 146 Å². The zero-order chi connectivity index (χ0) is 22.5. The summed E-state index contributed by atoms with van der Waals surface area (Å²) in [5.74, 6) is -0.586. The number of benzene rings is 2. The molecule has 2 aromatic carbocycles. The van der Waals surface area contributed by atoms with Crippen LogP contribution in [0.3, 0.4) is 0 Å². The highest BCUT2D eigenvalue weighted by Crippen LogP contribution is 2.30. The minimum atomic E-state index is -1.10. The van der Waals surface area contributed by atoms with E-state index < -0.39 is 22.8 Å². The third kappa shape index (κ3) is 5.15. The lowest BCUT2D eigenvalue weighted by Gasteiger charge is -2.10. The van der Waals surface area contributed by atoms with E-state index in [1.807, 2.05) is 0 Å². The summed E-state index contributed by atoms with van der Waals surface area (Å²) in [5, 5.41) is 26.8. The number of nitrogens with zero attached hydrogens (tertiary/aromatic N) is 3. The minimum absolute atomic E-state index is 0.0442. The van der Waals surface area contributed by atoms with E-state index in [0.29, 0.717) is 11.5 Å². The zero-order valence-corrected chi connectivity index (χ0v) is 16.5. The number of aliphatic carboxylic acids is 1. The Morgan fingerprint density at radius 1 is 1.13 bits per heavy atom. The maximum Gasteiger partial charge on any atom is 0.328 e. The van der Waals surface area contributed by atoms with E-state index in [2.05, 4.69) is 10.4 Å². The largest absolute Gasteiger partial charge is 0.497 e. The molecular weight excluding hydrogens is 408 g/mol. The Labute approximate surface area is 176 Å². The van der Waals surface area contributed by atoms with Crippen molar-refractivity contribution >= 4 is 23.3 Å². The number of ether oxygens (including phenoxy) is 2. The van der Waals surface area contributed by atoms with Gasteiger partial charge in [-0.25, -0.2) is 4.79 Å². The molecule has 0 aliphatic carbocycles. The average molecular weight is 426 g/mol. The molecule has 0 saturated carbocycles. The van der Waals surface area contributed by atoms with Crippen molar-refractivity contribution in [1.82, 2.24) is 9.78 Å². The predicted octanol–water partition coefficient (Wildman–Crippen LogP) is 3.49. The summed E-state index contributed by atoms with van der Waals surface area (Å²) >= 11 is 0. The lowest BCUT2D eigenvalue weighted by atomic mass is 10.2. The number of rotatable bonds is 8. The number of carbonyl (C=O) groups excluding carboxylic acids is 1. The van der Waals surface area contributed by atoms with Gasteiger partial charge >= 0.3 is 5.97 Å². The highest BCUT2D eigenvalue weighted by atomic mass is 16.6. The van der Waals surface area contributed by atoms with Gasteiger partial charge in [0.05, 0.1) is 23.8 Å². The molecule has 1 unspecified atom stereocenters. The second kappa shape index (κ2) is 8.95. The molecular formula is C20H18N4O7. The lowest BCUT2D eigenvalue weighted by Crippen LogP contribution is -2.18. The molecule has 11 nitrogen and oxygen atoms in total. The van der Waals surface area contributed by atoms with Crippen LogP contribution in [-0.4, -0.2) is 38.8 Å². The van der Waals surface area contributed by atoms with Crippen molar-refractivity contribution in [3.05, 3.63) is 70.5 Å². The highest BCUT2D eigenvalue weighted by Gasteiger charge is 2.18. The van der Waals surface area contributed by atoms with Crippen LogP contribution < -0.4 is 14.8 Å². The summed E-state index contributed by atoms with van der Waals surface area (Å²) in [6, 6.07) is 10.8. The van der Waals surface area contributed by atoms with Crippen molar-refractivity contribution in [2.45, 2.75) is 13.0 Å². The first-order chi connectivity index (χ1) is 14.8. The Hall–Kier alpha value is -4.41. The molecule has 160 valence electrons. The standard InChI is InChI=1S/C20H18N4O7/c1-12(20(26)27)23-8-7-18(22-23)19(25)21-13-9-14(24(28)29)11-17(10-13)31-16-5-3-15(30-2)4-6-16/h3-12H,1-2H3,(H,21,25)(H,26,27). The van der Waals surface area contributed by atoms with Crippen LogP contribution in [0.2, 0.25) is 0 Å². The van der Waals surface area contributed by atoms with Crippen molar-refractivity contribution in [2.75, 3.05) is 12.4 Å². The summed E-state index contributed by atoms with van der Waals surface area (Å²) in [5.41, 5.74) is -0.216. The number of hydrogen-bond acceptors (Lipinski definition) is 7. The first kappa shape index (κ1) is 21.3. The molecule has 0 spiro atoms. The van der Waals surface area contributed by atoms with Crippen LogP contribution in [0.1, 0.15) is 23.5 Å². The van der Waals surface area contributed by atoms with Crippen LogP contribution in [0.4, 0.5) is 11.4 Å². The summed E-state index contributed by atoms with van der Waals surface area (Å²) in [7, 11) is 1.52. The van der Waals surface area contributed by atoms with Crippen molar-refractivity contribution in [3.8, 4) is 17.2 Å². The van der Waals surface area contributed by atoms with E-state index in [-0.39, 0.29) is 22.8 Å². The maximum absolute atomic E-state index is 12.5. The van der Waals surface area contributed by atoms with Gasteiger partial charge in [0.2, 0.25) is 0 Å². The molecule has 2 N–H and O–H groups in total. The molecule has 1 heterocycles. The lowest BCUT2D eigenvalue weighted by molar-refractivity contribution is -0.384. The van der Waals surface area contributed by atoms with Gasteiger partial charge in [0.1, 0.15) is 23.3 Å². The van der Waals surface area contributed by atoms with Crippen LogP contribution in [-0.2, 0) is 4.79 Å². The van der Waals surface area contributed by atoms with Gasteiger partial charge in [-0.05, 0) is 37.3 Å². The molecule has 0 bridgehead atoms. The third-order valence-corrected chi connectivity index (χ3v) is 4.25. The zero-order valence-electron chi connectivity index (χ0n) is 16.5. The number of nitrogens with one attached hydrogen (secondary N) is 1. The smallest absolute Gasteiger partial charge is 0.328 e. The molecule has 0 radical (unpaired) electrons. The predicted molar refractivity (Wildman–Crippen MR) is 109 cm³/mol. The Bertz CT molecular complexity index is 1120. The third-order valence-electron chi connectivity index (χ3n) is 4.25. The number of non-ortho nitro benzene ring substituents is 1. The number of aromatic nitrogens is 2. The van der Waals surface area contributed by atoms with Gasteiger partial charge in [-0.3, -0.25) is 19.6 Å². The number of carbonyl (C=O) groups is 2. The number of nitro groups is 1. The molecule has 0 aliphatic rings. The van der Waals surface area contributed by atoms with Gasteiger partial charge in [0, 0.05) is 18.3 Å². The van der Waals surface area contributed by atoms with Crippen LogP contribution in [0.5, 0.6) is 17.2 Å². The molecule has 31 heavy (non-hydrogen) atoms. The molecule has 11 heteroatoms. The van der Waals surface area contributed by atoms with Crippen molar-refractivity contribution in [2.24, 2.45) is 0 Å². The fraction of sp³-hybridized carbons (Fsp3) is 0.150. The number of methoxy groups -OCH3 is 1. The highest BCUT2D eigenvalue weighted by molar-refractivity contribution is 6.03.